The Balaban J connectivity index is 1.72. The van der Waals surface area contributed by atoms with Crippen molar-refractivity contribution >= 4 is 27.2 Å². The molecule has 0 spiro atoms. The second kappa shape index (κ2) is 7.77. The number of nitrogens with one attached hydrogen (secondary N) is 1. The molecule has 1 amide bonds. The van der Waals surface area contributed by atoms with Crippen molar-refractivity contribution in [3.05, 3.63) is 83.4 Å². The number of amides is 1. The van der Waals surface area contributed by atoms with Crippen LogP contribution in [0.5, 0.6) is 0 Å². The molecule has 7 nitrogen and oxygen atoms in total. The van der Waals surface area contributed by atoms with Crippen molar-refractivity contribution in [2.24, 2.45) is 7.05 Å². The predicted octanol–water partition coefficient (Wildman–Crippen LogP) is 2.45. The molecule has 0 aliphatic heterocycles. The van der Waals surface area contributed by atoms with Gasteiger partial charge in [-0.15, -0.1) is 0 Å². The van der Waals surface area contributed by atoms with E-state index in [1.165, 1.54) is 0 Å². The molecule has 0 bridgehead atoms. The second-order valence-corrected chi connectivity index (χ2v) is 8.63. The minimum absolute atomic E-state index is 0.127. The van der Waals surface area contributed by atoms with Crippen LogP contribution in [-0.2, 0) is 22.6 Å². The van der Waals surface area contributed by atoms with Gasteiger partial charge < -0.3 is 9.88 Å². The lowest BCUT2D eigenvalue weighted by Crippen LogP contribution is -2.13. The van der Waals surface area contributed by atoms with Crippen LogP contribution in [0.3, 0.4) is 0 Å². The molecule has 8 heteroatoms. The monoisotopic (exact) mass is 397 g/mol. The van der Waals surface area contributed by atoms with E-state index < -0.39 is 9.84 Å². The lowest BCUT2D eigenvalue weighted by Gasteiger charge is -2.08. The largest absolute Gasteiger partial charge is 0.331 e. The molecule has 2 aromatic carbocycles. The van der Waals surface area contributed by atoms with Gasteiger partial charge >= 0.3 is 0 Å². The van der Waals surface area contributed by atoms with Gasteiger partial charge in [-0.3, -0.25) is 9.59 Å². The van der Waals surface area contributed by atoms with E-state index in [-0.39, 0.29) is 17.4 Å². The van der Waals surface area contributed by atoms with E-state index in [4.69, 9.17) is 0 Å². The van der Waals surface area contributed by atoms with Crippen LogP contribution < -0.4 is 5.32 Å². The van der Waals surface area contributed by atoms with E-state index >= 15 is 0 Å². The zero-order chi connectivity index (χ0) is 20.3. The number of imidazole rings is 1. The molecule has 0 saturated carbocycles. The molecule has 0 atom stereocenters. The summed E-state index contributed by atoms with van der Waals surface area (Å²) in [5.41, 5.74) is 1.89. The van der Waals surface area contributed by atoms with Gasteiger partial charge in [0.1, 0.15) is 0 Å². The molecule has 1 heterocycles. The lowest BCUT2D eigenvalue weighted by molar-refractivity contribution is 0.102. The van der Waals surface area contributed by atoms with Crippen LogP contribution in [-0.4, -0.2) is 35.9 Å². The summed E-state index contributed by atoms with van der Waals surface area (Å²) in [6, 6.07) is 13.0. The smallest absolute Gasteiger partial charge is 0.255 e. The number of rotatable bonds is 6. The number of carbonyl (C=O) groups excluding carboxylic acids is 2. The summed E-state index contributed by atoms with van der Waals surface area (Å²) in [6.07, 6.45) is 4.40. The van der Waals surface area contributed by atoms with Crippen molar-refractivity contribution in [1.29, 1.82) is 0 Å². The Hall–Kier alpha value is -3.26. The summed E-state index contributed by atoms with van der Waals surface area (Å²) < 4.78 is 24.5. The number of nitrogens with zero attached hydrogens (tertiary/aromatic N) is 2. The van der Waals surface area contributed by atoms with Crippen LogP contribution in [0.2, 0.25) is 0 Å². The molecule has 28 heavy (non-hydrogen) atoms. The molecule has 3 rings (SSSR count). The topological polar surface area (TPSA) is 98.1 Å². The van der Waals surface area contributed by atoms with E-state index in [0.29, 0.717) is 28.2 Å². The highest BCUT2D eigenvalue weighted by molar-refractivity contribution is 7.89. The molecule has 0 aliphatic carbocycles. The van der Waals surface area contributed by atoms with Crippen LogP contribution in [0.15, 0.2) is 60.9 Å². The summed E-state index contributed by atoms with van der Waals surface area (Å²) in [6.45, 7) is 0. The molecule has 3 aromatic rings. The van der Waals surface area contributed by atoms with E-state index in [9.17, 15) is 18.0 Å². The van der Waals surface area contributed by atoms with Gasteiger partial charge in [0, 0.05) is 42.5 Å². The molecule has 0 saturated heterocycles. The molecule has 0 aliphatic rings. The first-order valence-corrected chi connectivity index (χ1v) is 10.5. The van der Waals surface area contributed by atoms with E-state index in [1.54, 1.807) is 72.5 Å². The van der Waals surface area contributed by atoms with Crippen LogP contribution in [0.1, 0.15) is 32.1 Å². The first-order chi connectivity index (χ1) is 13.2. The normalized spacial score (nSPS) is 11.2. The number of anilines is 1. The molecular weight excluding hydrogens is 378 g/mol. The zero-order valence-electron chi connectivity index (χ0n) is 15.4. The number of carbonyl (C=O) groups is 2. The fourth-order valence-corrected chi connectivity index (χ4v) is 3.51. The Morgan fingerprint density at radius 2 is 1.79 bits per heavy atom. The third-order valence-corrected chi connectivity index (χ3v) is 4.90. The highest BCUT2D eigenvalue weighted by atomic mass is 32.2. The molecule has 0 radical (unpaired) electrons. The zero-order valence-corrected chi connectivity index (χ0v) is 16.2. The predicted molar refractivity (Wildman–Crippen MR) is 106 cm³/mol. The highest BCUT2D eigenvalue weighted by Gasteiger charge is 2.14. The maximum absolute atomic E-state index is 12.4. The maximum Gasteiger partial charge on any atom is 0.255 e. The van der Waals surface area contributed by atoms with Crippen molar-refractivity contribution in [3.8, 4) is 0 Å². The van der Waals surface area contributed by atoms with Crippen LogP contribution in [0.4, 0.5) is 5.69 Å². The van der Waals surface area contributed by atoms with Gasteiger partial charge in [0.15, 0.2) is 15.7 Å². The van der Waals surface area contributed by atoms with Crippen LogP contribution in [0, 0.1) is 0 Å². The average molecular weight is 397 g/mol. The number of ketones is 1. The highest BCUT2D eigenvalue weighted by Crippen LogP contribution is 2.15. The average Bonchev–Trinajstić information content (AvgIpc) is 3.06. The minimum Gasteiger partial charge on any atom is -0.331 e. The van der Waals surface area contributed by atoms with Gasteiger partial charge in [0.05, 0.1) is 5.75 Å². The summed E-state index contributed by atoms with van der Waals surface area (Å²) in [5, 5.41) is 2.74. The van der Waals surface area contributed by atoms with E-state index in [2.05, 4.69) is 10.3 Å². The van der Waals surface area contributed by atoms with E-state index in [1.807, 2.05) is 0 Å². The number of aromatic nitrogens is 2. The van der Waals surface area contributed by atoms with Crippen molar-refractivity contribution in [3.63, 3.8) is 0 Å². The SMILES string of the molecule is Cn1ccnc1C(=O)c1ccc(NC(=O)c2cccc(CS(C)(=O)=O)c2)cc1. The molecule has 144 valence electrons. The van der Waals surface area contributed by atoms with Crippen molar-refractivity contribution in [1.82, 2.24) is 9.55 Å². The Morgan fingerprint density at radius 1 is 1.07 bits per heavy atom. The second-order valence-electron chi connectivity index (χ2n) is 6.49. The Morgan fingerprint density at radius 3 is 2.39 bits per heavy atom. The first kappa shape index (κ1) is 19.5. The fourth-order valence-electron chi connectivity index (χ4n) is 2.73. The van der Waals surface area contributed by atoms with E-state index in [0.717, 1.165) is 6.26 Å². The van der Waals surface area contributed by atoms with Crippen LogP contribution in [0.25, 0.3) is 0 Å². The summed E-state index contributed by atoms with van der Waals surface area (Å²) >= 11 is 0. The summed E-state index contributed by atoms with van der Waals surface area (Å²) in [7, 11) is -1.44. The lowest BCUT2D eigenvalue weighted by atomic mass is 10.1. The number of hydrogen-bond donors (Lipinski definition) is 1. The van der Waals surface area contributed by atoms with Crippen molar-refractivity contribution < 1.29 is 18.0 Å². The van der Waals surface area contributed by atoms with Gasteiger partial charge in [-0.1, -0.05) is 12.1 Å². The van der Waals surface area contributed by atoms with Crippen LogP contribution >= 0.6 is 0 Å². The van der Waals surface area contributed by atoms with Gasteiger partial charge in [-0.2, -0.15) is 0 Å². The Bertz CT molecular complexity index is 1130. The number of hydrogen-bond acceptors (Lipinski definition) is 5. The standard InChI is InChI=1S/C20H19N3O4S/c1-23-11-10-21-19(23)18(24)15-6-8-17(9-7-15)22-20(25)16-5-3-4-14(12-16)13-28(2,26)27/h3-12H,13H2,1-2H3,(H,22,25). The third kappa shape index (κ3) is 4.72. The van der Waals surface area contributed by atoms with Gasteiger partial charge in [0.25, 0.3) is 5.91 Å². The fraction of sp³-hybridized carbons (Fsp3) is 0.150. The van der Waals surface area contributed by atoms with Crippen molar-refractivity contribution in [2.45, 2.75) is 5.75 Å². The first-order valence-electron chi connectivity index (χ1n) is 8.43. The molecular formula is C20H19N3O4S. The van der Waals surface area contributed by atoms with Gasteiger partial charge in [-0.05, 0) is 42.0 Å². The third-order valence-electron chi connectivity index (χ3n) is 4.05. The molecule has 1 N–H and O–H groups in total. The maximum atomic E-state index is 12.4. The quantitative estimate of drug-likeness (QED) is 0.644. The molecule has 0 unspecified atom stereocenters. The Labute approximate surface area is 163 Å². The van der Waals surface area contributed by atoms with Gasteiger partial charge in [-0.25, -0.2) is 13.4 Å². The Kier molecular flexibility index (Phi) is 5.41. The minimum atomic E-state index is -3.18. The van der Waals surface area contributed by atoms with Gasteiger partial charge in [0.2, 0.25) is 5.78 Å². The summed E-state index contributed by atoms with van der Waals surface area (Å²) in [4.78, 5) is 28.9. The summed E-state index contributed by atoms with van der Waals surface area (Å²) in [5.74, 6) is -0.366. The van der Waals surface area contributed by atoms with Crippen molar-refractivity contribution in [2.75, 3.05) is 11.6 Å². The number of sulfone groups is 1. The molecule has 0 fully saturated rings. The number of benzene rings is 2. The molecule has 1 aromatic heterocycles. The number of aryl methyl sites for hydroxylation is 1.